The predicted molar refractivity (Wildman–Crippen MR) is 125 cm³/mol. The van der Waals surface area contributed by atoms with Gasteiger partial charge >= 0.3 is 0 Å². The van der Waals surface area contributed by atoms with Crippen molar-refractivity contribution in [3.8, 4) is 5.75 Å². The van der Waals surface area contributed by atoms with E-state index in [1.54, 1.807) is 18.2 Å². The highest BCUT2D eigenvalue weighted by atomic mass is 35.5. The maximum absolute atomic E-state index is 14.1. The minimum Gasteiger partial charge on any atom is -0.495 e. The minimum absolute atomic E-state index is 0.157. The molecule has 0 aliphatic carbocycles. The first kappa shape index (κ1) is 23.1. The van der Waals surface area contributed by atoms with Gasteiger partial charge in [0, 0.05) is 22.9 Å². The van der Waals surface area contributed by atoms with Crippen LogP contribution in [0.5, 0.6) is 5.75 Å². The standard InChI is InChI=1S/C24H23ClFN3O3/c1-3-29(18-7-5-4-6-8-18)15-23(30)27-17-10-12-22(32-2)21(14-17)28-24(31)19-11-9-16(25)13-20(19)26/h4-14H,3,15H2,1-2H3,(H,27,30)(H,28,31). The summed E-state index contributed by atoms with van der Waals surface area (Å²) in [4.78, 5) is 27.1. The van der Waals surface area contributed by atoms with Crippen LogP contribution in [0.3, 0.4) is 0 Å². The van der Waals surface area contributed by atoms with Crippen molar-refractivity contribution >= 4 is 40.5 Å². The number of carbonyl (C=O) groups excluding carboxylic acids is 2. The number of halogens is 2. The Morgan fingerprint density at radius 1 is 1.03 bits per heavy atom. The van der Waals surface area contributed by atoms with E-state index in [4.69, 9.17) is 16.3 Å². The first-order valence-electron chi connectivity index (χ1n) is 9.95. The molecule has 32 heavy (non-hydrogen) atoms. The van der Waals surface area contributed by atoms with Gasteiger partial charge in [0.05, 0.1) is 24.9 Å². The van der Waals surface area contributed by atoms with E-state index in [1.807, 2.05) is 42.2 Å². The number of ether oxygens (including phenoxy) is 1. The van der Waals surface area contributed by atoms with Crippen molar-refractivity contribution in [3.63, 3.8) is 0 Å². The van der Waals surface area contributed by atoms with Crippen LogP contribution in [0.15, 0.2) is 66.7 Å². The van der Waals surface area contributed by atoms with E-state index in [1.165, 1.54) is 19.2 Å². The maximum Gasteiger partial charge on any atom is 0.258 e. The Morgan fingerprint density at radius 2 is 1.78 bits per heavy atom. The highest BCUT2D eigenvalue weighted by molar-refractivity contribution is 6.30. The molecule has 0 aliphatic heterocycles. The summed E-state index contributed by atoms with van der Waals surface area (Å²) in [5.74, 6) is -1.26. The van der Waals surface area contributed by atoms with E-state index >= 15 is 0 Å². The Kier molecular flexibility index (Phi) is 7.68. The summed E-state index contributed by atoms with van der Waals surface area (Å²) >= 11 is 5.75. The van der Waals surface area contributed by atoms with Crippen molar-refractivity contribution in [1.82, 2.24) is 0 Å². The number of nitrogens with zero attached hydrogens (tertiary/aromatic N) is 1. The molecule has 166 valence electrons. The van der Waals surface area contributed by atoms with Crippen LogP contribution in [0.4, 0.5) is 21.5 Å². The molecule has 3 rings (SSSR count). The average molecular weight is 456 g/mol. The fraction of sp³-hybridized carbons (Fsp3) is 0.167. The van der Waals surface area contributed by atoms with Gasteiger partial charge in [0.25, 0.3) is 5.91 Å². The molecule has 3 aromatic rings. The van der Waals surface area contributed by atoms with E-state index < -0.39 is 11.7 Å². The molecule has 2 amide bonds. The molecule has 2 N–H and O–H groups in total. The third-order valence-corrected chi connectivity index (χ3v) is 4.98. The van der Waals surface area contributed by atoms with Gasteiger partial charge < -0.3 is 20.3 Å². The number of amides is 2. The predicted octanol–water partition coefficient (Wildman–Crippen LogP) is 5.21. The molecular formula is C24H23ClFN3O3. The lowest BCUT2D eigenvalue weighted by Crippen LogP contribution is -2.33. The molecule has 0 heterocycles. The Bertz CT molecular complexity index is 1110. The SMILES string of the molecule is CCN(CC(=O)Nc1ccc(OC)c(NC(=O)c2ccc(Cl)cc2F)c1)c1ccccc1. The number of nitrogens with one attached hydrogen (secondary N) is 2. The minimum atomic E-state index is -0.737. The van der Waals surface area contributed by atoms with E-state index in [9.17, 15) is 14.0 Å². The molecule has 0 unspecified atom stereocenters. The van der Waals surface area contributed by atoms with Gasteiger partial charge in [0.2, 0.25) is 5.91 Å². The zero-order valence-corrected chi connectivity index (χ0v) is 18.4. The van der Waals surface area contributed by atoms with Crippen molar-refractivity contribution in [2.45, 2.75) is 6.92 Å². The summed E-state index contributed by atoms with van der Waals surface area (Å²) in [6, 6.07) is 18.2. The van der Waals surface area contributed by atoms with Gasteiger partial charge in [0.1, 0.15) is 11.6 Å². The average Bonchev–Trinajstić information content (AvgIpc) is 2.78. The number of carbonyl (C=O) groups is 2. The quantitative estimate of drug-likeness (QED) is 0.489. The van der Waals surface area contributed by atoms with E-state index in [2.05, 4.69) is 10.6 Å². The number of benzene rings is 3. The maximum atomic E-state index is 14.1. The van der Waals surface area contributed by atoms with Crippen LogP contribution in [0.1, 0.15) is 17.3 Å². The van der Waals surface area contributed by atoms with Crippen LogP contribution in [0, 0.1) is 5.82 Å². The summed E-state index contributed by atoms with van der Waals surface area (Å²) in [6.45, 7) is 2.79. The number of hydrogen-bond acceptors (Lipinski definition) is 4. The van der Waals surface area contributed by atoms with Crippen LogP contribution in [0.2, 0.25) is 5.02 Å². The molecule has 3 aromatic carbocycles. The van der Waals surface area contributed by atoms with Crippen LogP contribution in [0.25, 0.3) is 0 Å². The largest absolute Gasteiger partial charge is 0.495 e. The summed E-state index contributed by atoms with van der Waals surface area (Å²) in [7, 11) is 1.45. The van der Waals surface area contributed by atoms with Crippen LogP contribution >= 0.6 is 11.6 Å². The Labute approximate surface area is 191 Å². The number of likely N-dealkylation sites (N-methyl/N-ethyl adjacent to an activating group) is 1. The summed E-state index contributed by atoms with van der Waals surface area (Å²) < 4.78 is 19.4. The first-order valence-corrected chi connectivity index (χ1v) is 10.3. The van der Waals surface area contributed by atoms with Gasteiger partial charge in [-0.1, -0.05) is 29.8 Å². The number of methoxy groups -OCH3 is 1. The highest BCUT2D eigenvalue weighted by Gasteiger charge is 2.16. The van der Waals surface area contributed by atoms with E-state index in [0.29, 0.717) is 23.7 Å². The van der Waals surface area contributed by atoms with Gasteiger partial charge in [0.15, 0.2) is 0 Å². The molecule has 0 saturated carbocycles. The zero-order chi connectivity index (χ0) is 23.1. The Morgan fingerprint density at radius 3 is 2.44 bits per heavy atom. The molecule has 0 spiro atoms. The molecule has 0 bridgehead atoms. The lowest BCUT2D eigenvalue weighted by atomic mass is 10.2. The normalized spacial score (nSPS) is 10.4. The fourth-order valence-electron chi connectivity index (χ4n) is 3.15. The second-order valence-corrected chi connectivity index (χ2v) is 7.33. The fourth-order valence-corrected chi connectivity index (χ4v) is 3.30. The summed E-state index contributed by atoms with van der Waals surface area (Å²) in [5, 5.41) is 5.63. The lowest BCUT2D eigenvalue weighted by Gasteiger charge is -2.22. The lowest BCUT2D eigenvalue weighted by molar-refractivity contribution is -0.115. The Hall–Kier alpha value is -3.58. The van der Waals surface area contributed by atoms with E-state index in [-0.39, 0.29) is 23.0 Å². The van der Waals surface area contributed by atoms with Crippen molar-refractivity contribution in [1.29, 1.82) is 0 Å². The number of para-hydroxylation sites is 1. The third-order valence-electron chi connectivity index (χ3n) is 4.74. The third kappa shape index (κ3) is 5.76. The van der Waals surface area contributed by atoms with Gasteiger partial charge in [-0.2, -0.15) is 0 Å². The molecule has 8 heteroatoms. The second kappa shape index (κ2) is 10.6. The molecule has 0 radical (unpaired) electrons. The first-order chi connectivity index (χ1) is 15.4. The molecule has 0 aliphatic rings. The molecule has 0 saturated heterocycles. The van der Waals surface area contributed by atoms with Crippen molar-refractivity contribution in [2.75, 3.05) is 35.7 Å². The molecule has 6 nitrogen and oxygen atoms in total. The van der Waals surface area contributed by atoms with E-state index in [0.717, 1.165) is 11.8 Å². The zero-order valence-electron chi connectivity index (χ0n) is 17.7. The van der Waals surface area contributed by atoms with Crippen LogP contribution in [-0.2, 0) is 4.79 Å². The molecule has 0 fully saturated rings. The molecule has 0 atom stereocenters. The van der Waals surface area contributed by atoms with Crippen LogP contribution in [-0.4, -0.2) is 32.0 Å². The molecule has 0 aromatic heterocycles. The number of rotatable bonds is 8. The monoisotopic (exact) mass is 455 g/mol. The number of anilines is 3. The topological polar surface area (TPSA) is 70.7 Å². The van der Waals surface area contributed by atoms with Gasteiger partial charge in [-0.05, 0) is 55.5 Å². The van der Waals surface area contributed by atoms with Crippen molar-refractivity contribution in [3.05, 3.63) is 83.1 Å². The summed E-state index contributed by atoms with van der Waals surface area (Å²) in [6.07, 6.45) is 0. The second-order valence-electron chi connectivity index (χ2n) is 6.89. The smallest absolute Gasteiger partial charge is 0.258 e. The highest BCUT2D eigenvalue weighted by Crippen LogP contribution is 2.29. The summed E-state index contributed by atoms with van der Waals surface area (Å²) in [5.41, 5.74) is 1.54. The number of hydrogen-bond donors (Lipinski definition) is 2. The van der Waals surface area contributed by atoms with Crippen molar-refractivity contribution < 1.29 is 18.7 Å². The van der Waals surface area contributed by atoms with Gasteiger partial charge in [-0.15, -0.1) is 0 Å². The Balaban J connectivity index is 1.74. The molecular weight excluding hydrogens is 433 g/mol. The van der Waals surface area contributed by atoms with Gasteiger partial charge in [-0.3, -0.25) is 9.59 Å². The van der Waals surface area contributed by atoms with Crippen molar-refractivity contribution in [2.24, 2.45) is 0 Å². The van der Waals surface area contributed by atoms with Gasteiger partial charge in [-0.25, -0.2) is 4.39 Å². The van der Waals surface area contributed by atoms with Crippen LogP contribution < -0.4 is 20.3 Å².